The number of likely N-dealkylation sites (tertiary alicyclic amines) is 1. The zero-order valence-electron chi connectivity index (χ0n) is 23.4. The van der Waals surface area contributed by atoms with Crippen molar-refractivity contribution in [1.29, 1.82) is 0 Å². The molecule has 1 saturated heterocycles. The first-order chi connectivity index (χ1) is 18.6. The quantitative estimate of drug-likeness (QED) is 0.355. The maximum atomic E-state index is 13.0. The number of benzene rings is 2. The molecule has 5 rings (SSSR count). The van der Waals surface area contributed by atoms with Crippen molar-refractivity contribution in [1.82, 2.24) is 10.2 Å². The lowest BCUT2D eigenvalue weighted by Crippen LogP contribution is -2.68. The Hall–Kier alpha value is -2.37. The van der Waals surface area contributed by atoms with E-state index in [0.717, 1.165) is 76.1 Å². The van der Waals surface area contributed by atoms with Crippen molar-refractivity contribution < 1.29 is 14.3 Å². The van der Waals surface area contributed by atoms with Gasteiger partial charge in [-0.15, -0.1) is 0 Å². The number of unbranched alkanes of at least 4 members (excludes halogenated alkanes) is 2. The Morgan fingerprint density at radius 3 is 2.61 bits per heavy atom. The van der Waals surface area contributed by atoms with Gasteiger partial charge in [-0.3, -0.25) is 4.79 Å². The van der Waals surface area contributed by atoms with E-state index in [-0.39, 0.29) is 23.0 Å². The molecule has 0 aromatic heterocycles. The third kappa shape index (κ3) is 6.10. The number of aryl methyl sites for hydroxylation is 1. The Morgan fingerprint density at radius 1 is 1.00 bits per heavy atom. The topological polar surface area (TPSA) is 50.8 Å². The predicted molar refractivity (Wildman–Crippen MR) is 153 cm³/mol. The SMILES string of the molecule is COc1cccc([C@@]23CCN(CC4CC4)C[C@@]2(OC)CC[C@H](NC(=O)CCCCCc2ccccc2)C3)c1. The van der Waals surface area contributed by atoms with Gasteiger partial charge in [0.05, 0.1) is 12.7 Å². The molecule has 2 aromatic carbocycles. The second-order valence-corrected chi connectivity index (χ2v) is 12.0. The van der Waals surface area contributed by atoms with Crippen molar-refractivity contribution in [2.75, 3.05) is 33.9 Å². The molecule has 0 unspecified atom stereocenters. The highest BCUT2D eigenvalue weighted by molar-refractivity contribution is 5.76. The van der Waals surface area contributed by atoms with Gasteiger partial charge in [0.25, 0.3) is 0 Å². The van der Waals surface area contributed by atoms with Crippen molar-refractivity contribution in [3.63, 3.8) is 0 Å². The van der Waals surface area contributed by atoms with Crippen LogP contribution in [0.4, 0.5) is 0 Å². The normalized spacial score (nSPS) is 27.5. The molecule has 2 aromatic rings. The second kappa shape index (κ2) is 12.2. The Morgan fingerprint density at radius 2 is 1.84 bits per heavy atom. The fourth-order valence-corrected chi connectivity index (χ4v) is 7.19. The zero-order chi connectivity index (χ0) is 26.4. The molecule has 1 heterocycles. The van der Waals surface area contributed by atoms with Gasteiger partial charge in [-0.2, -0.15) is 0 Å². The monoisotopic (exact) mass is 518 g/mol. The largest absolute Gasteiger partial charge is 0.497 e. The average molecular weight is 519 g/mol. The molecule has 0 spiro atoms. The van der Waals surface area contributed by atoms with E-state index in [1.165, 1.54) is 30.5 Å². The third-order valence-corrected chi connectivity index (χ3v) is 9.50. The van der Waals surface area contributed by atoms with Crippen LogP contribution in [-0.4, -0.2) is 56.3 Å². The summed E-state index contributed by atoms with van der Waals surface area (Å²) in [6.45, 7) is 3.25. The molecule has 0 bridgehead atoms. The highest BCUT2D eigenvalue weighted by atomic mass is 16.5. The number of carbonyl (C=O) groups is 1. The number of piperidine rings is 1. The molecule has 5 heteroatoms. The van der Waals surface area contributed by atoms with Crippen LogP contribution >= 0.6 is 0 Å². The van der Waals surface area contributed by atoms with Gasteiger partial charge in [0.1, 0.15) is 5.75 Å². The molecule has 3 aliphatic rings. The van der Waals surface area contributed by atoms with Gasteiger partial charge < -0.3 is 19.7 Å². The number of carbonyl (C=O) groups excluding carboxylic acids is 1. The summed E-state index contributed by atoms with van der Waals surface area (Å²) in [6.07, 6.45) is 11.5. The number of methoxy groups -OCH3 is 2. The molecule has 3 fully saturated rings. The van der Waals surface area contributed by atoms with Crippen LogP contribution in [0, 0.1) is 5.92 Å². The summed E-state index contributed by atoms with van der Waals surface area (Å²) in [7, 11) is 3.65. The van der Waals surface area contributed by atoms with E-state index >= 15 is 0 Å². The number of fused-ring (bicyclic) bond motifs is 1. The summed E-state index contributed by atoms with van der Waals surface area (Å²) < 4.78 is 12.2. The summed E-state index contributed by atoms with van der Waals surface area (Å²) in [5.41, 5.74) is 2.30. The van der Waals surface area contributed by atoms with Crippen molar-refractivity contribution in [2.45, 2.75) is 87.7 Å². The van der Waals surface area contributed by atoms with Crippen LogP contribution in [0.15, 0.2) is 54.6 Å². The van der Waals surface area contributed by atoms with Crippen LogP contribution in [0.1, 0.15) is 75.3 Å². The molecule has 2 saturated carbocycles. The van der Waals surface area contributed by atoms with Crippen molar-refractivity contribution in [3.05, 3.63) is 65.7 Å². The summed E-state index contributed by atoms with van der Waals surface area (Å²) in [5, 5.41) is 3.44. The molecule has 0 radical (unpaired) electrons. The maximum Gasteiger partial charge on any atom is 0.220 e. The van der Waals surface area contributed by atoms with Crippen LogP contribution in [-0.2, 0) is 21.4 Å². The first-order valence-electron chi connectivity index (χ1n) is 14.8. The van der Waals surface area contributed by atoms with Gasteiger partial charge in [-0.05, 0) is 93.5 Å². The molecule has 1 aliphatic heterocycles. The van der Waals surface area contributed by atoms with Crippen LogP contribution in [0.2, 0.25) is 0 Å². The smallest absolute Gasteiger partial charge is 0.220 e. The lowest BCUT2D eigenvalue weighted by atomic mass is 9.55. The lowest BCUT2D eigenvalue weighted by molar-refractivity contribution is -0.151. The van der Waals surface area contributed by atoms with Crippen molar-refractivity contribution >= 4 is 5.91 Å². The minimum absolute atomic E-state index is 0.137. The Kier molecular flexibility index (Phi) is 8.74. The number of hydrogen-bond donors (Lipinski definition) is 1. The number of nitrogens with one attached hydrogen (secondary N) is 1. The van der Waals surface area contributed by atoms with Crippen molar-refractivity contribution in [2.24, 2.45) is 5.92 Å². The van der Waals surface area contributed by atoms with E-state index in [2.05, 4.69) is 58.7 Å². The Labute approximate surface area is 229 Å². The molecule has 38 heavy (non-hydrogen) atoms. The van der Waals surface area contributed by atoms with Gasteiger partial charge in [-0.25, -0.2) is 0 Å². The van der Waals surface area contributed by atoms with Crippen LogP contribution < -0.4 is 10.1 Å². The number of nitrogens with zero attached hydrogens (tertiary/aromatic N) is 1. The van der Waals surface area contributed by atoms with Gasteiger partial charge in [0.15, 0.2) is 0 Å². The van der Waals surface area contributed by atoms with E-state index in [4.69, 9.17) is 9.47 Å². The fraction of sp³-hybridized carbons (Fsp3) is 0.606. The summed E-state index contributed by atoms with van der Waals surface area (Å²) in [5.74, 6) is 1.96. The molecule has 3 atom stereocenters. The van der Waals surface area contributed by atoms with Gasteiger partial charge in [0.2, 0.25) is 5.91 Å². The summed E-state index contributed by atoms with van der Waals surface area (Å²) in [6, 6.07) is 19.4. The van der Waals surface area contributed by atoms with E-state index < -0.39 is 0 Å². The molecular weight excluding hydrogens is 472 g/mol. The molecule has 1 amide bonds. The van der Waals surface area contributed by atoms with E-state index in [1.54, 1.807) is 7.11 Å². The molecule has 206 valence electrons. The Balaban J connectivity index is 1.23. The number of amides is 1. The lowest BCUT2D eigenvalue weighted by Gasteiger charge is -2.60. The second-order valence-electron chi connectivity index (χ2n) is 12.0. The number of hydrogen-bond acceptors (Lipinski definition) is 4. The first kappa shape index (κ1) is 27.2. The number of rotatable bonds is 12. The van der Waals surface area contributed by atoms with Gasteiger partial charge in [-0.1, -0.05) is 48.9 Å². The van der Waals surface area contributed by atoms with E-state index in [0.29, 0.717) is 6.42 Å². The Bertz CT molecular complexity index is 1060. The number of ether oxygens (including phenoxy) is 2. The minimum atomic E-state index is -0.245. The maximum absolute atomic E-state index is 13.0. The molecule has 1 N–H and O–H groups in total. The highest BCUT2D eigenvalue weighted by Crippen LogP contribution is 2.54. The minimum Gasteiger partial charge on any atom is -0.497 e. The third-order valence-electron chi connectivity index (χ3n) is 9.50. The molecule has 5 nitrogen and oxygen atoms in total. The zero-order valence-corrected chi connectivity index (χ0v) is 23.4. The van der Waals surface area contributed by atoms with E-state index in [9.17, 15) is 4.79 Å². The molecule has 2 aliphatic carbocycles. The fourth-order valence-electron chi connectivity index (χ4n) is 7.19. The van der Waals surface area contributed by atoms with E-state index in [1.807, 2.05) is 13.2 Å². The standard InChI is InChI=1S/C33H46N2O3/c1-37-30-14-9-13-28(22-30)32-20-21-35(24-27-16-17-27)25-33(32,38-2)19-18-29(23-32)34-31(36)15-8-4-7-12-26-10-5-3-6-11-26/h3,5-6,9-11,13-14,22,27,29H,4,7-8,12,15-21,23-25H2,1-2H3,(H,34,36)/t29-,32-,33-/m0/s1. The summed E-state index contributed by atoms with van der Waals surface area (Å²) >= 11 is 0. The predicted octanol–water partition coefficient (Wildman–Crippen LogP) is 5.91. The first-order valence-corrected chi connectivity index (χ1v) is 14.8. The average Bonchev–Trinajstić information content (AvgIpc) is 3.77. The summed E-state index contributed by atoms with van der Waals surface area (Å²) in [4.78, 5) is 15.7. The van der Waals surface area contributed by atoms with Gasteiger partial charge in [0, 0.05) is 38.1 Å². The van der Waals surface area contributed by atoms with Crippen LogP contribution in [0.3, 0.4) is 0 Å². The highest BCUT2D eigenvalue weighted by Gasteiger charge is 2.59. The molecular formula is C33H46N2O3. The van der Waals surface area contributed by atoms with Crippen LogP contribution in [0.25, 0.3) is 0 Å². The van der Waals surface area contributed by atoms with Crippen molar-refractivity contribution in [3.8, 4) is 5.75 Å². The van der Waals surface area contributed by atoms with Crippen LogP contribution in [0.5, 0.6) is 5.75 Å². The van der Waals surface area contributed by atoms with Gasteiger partial charge >= 0.3 is 0 Å².